The predicted octanol–water partition coefficient (Wildman–Crippen LogP) is 3.58. The molecule has 5 heteroatoms. The predicted molar refractivity (Wildman–Crippen MR) is 119 cm³/mol. The average Bonchev–Trinajstić information content (AvgIpc) is 3.49. The summed E-state index contributed by atoms with van der Waals surface area (Å²) >= 11 is 0. The second kappa shape index (κ2) is 8.55. The minimum atomic E-state index is -0.550. The first-order chi connectivity index (χ1) is 14.3. The van der Waals surface area contributed by atoms with Crippen LogP contribution in [0.25, 0.3) is 0 Å². The molecule has 1 amide bonds. The van der Waals surface area contributed by atoms with Gasteiger partial charge in [0.2, 0.25) is 5.91 Å². The lowest BCUT2D eigenvalue weighted by Crippen LogP contribution is -2.55. The fourth-order valence-corrected chi connectivity index (χ4v) is 6.30. The Kier molecular flexibility index (Phi) is 6.36. The molecule has 3 aliphatic carbocycles. The highest BCUT2D eigenvalue weighted by atomic mass is 16.5. The number of aliphatic hydroxyl groups excluding tert-OH is 1. The van der Waals surface area contributed by atoms with Gasteiger partial charge in [-0.25, -0.2) is 0 Å². The molecule has 0 aromatic heterocycles. The summed E-state index contributed by atoms with van der Waals surface area (Å²) in [6, 6.07) is 0. The van der Waals surface area contributed by atoms with Crippen LogP contribution >= 0.6 is 0 Å². The number of carbonyl (C=O) groups excluding carboxylic acids is 1. The van der Waals surface area contributed by atoms with Crippen molar-refractivity contribution in [2.75, 3.05) is 33.4 Å². The highest BCUT2D eigenvalue weighted by Gasteiger charge is 2.56. The zero-order valence-electron chi connectivity index (χ0n) is 19.5. The van der Waals surface area contributed by atoms with E-state index in [2.05, 4.69) is 30.3 Å². The third-order valence-electron chi connectivity index (χ3n) is 9.09. The molecule has 0 spiro atoms. The number of hydrogen-bond donors (Lipinski definition) is 2. The van der Waals surface area contributed by atoms with Gasteiger partial charge in [-0.3, -0.25) is 9.69 Å². The number of hydrogen-bond acceptors (Lipinski definition) is 4. The van der Waals surface area contributed by atoms with Gasteiger partial charge in [-0.15, -0.1) is 0 Å². The molecule has 0 radical (unpaired) electrons. The van der Waals surface area contributed by atoms with Crippen LogP contribution < -0.4 is 5.32 Å². The second-order valence-corrected chi connectivity index (χ2v) is 11.0. The van der Waals surface area contributed by atoms with E-state index >= 15 is 0 Å². The van der Waals surface area contributed by atoms with E-state index in [4.69, 9.17) is 4.74 Å². The van der Waals surface area contributed by atoms with Gasteiger partial charge < -0.3 is 15.2 Å². The Bertz CT molecular complexity index is 658. The molecule has 170 valence electrons. The molecular formula is C25H42N2O3. The maximum Gasteiger partial charge on any atom is 0.244 e. The number of amides is 1. The minimum Gasteiger partial charge on any atom is -0.396 e. The summed E-state index contributed by atoms with van der Waals surface area (Å²) in [5, 5.41) is 13.6. The van der Waals surface area contributed by atoms with E-state index in [1.807, 2.05) is 13.8 Å². The third-order valence-corrected chi connectivity index (χ3v) is 9.09. The lowest BCUT2D eigenvalue weighted by atomic mass is 9.56. The highest BCUT2D eigenvalue weighted by Crippen LogP contribution is 2.62. The van der Waals surface area contributed by atoms with Crippen molar-refractivity contribution in [3.05, 3.63) is 11.8 Å². The molecule has 2 N–H and O–H groups in total. The van der Waals surface area contributed by atoms with Crippen LogP contribution in [0.3, 0.4) is 0 Å². The topological polar surface area (TPSA) is 61.8 Å². The number of carbonyl (C=O) groups is 1. The number of fused-ring (bicyclic) bond motifs is 1. The summed E-state index contributed by atoms with van der Waals surface area (Å²) in [4.78, 5) is 15.6. The first-order valence-corrected chi connectivity index (χ1v) is 12.3. The molecule has 4 unspecified atom stereocenters. The van der Waals surface area contributed by atoms with Crippen molar-refractivity contribution >= 4 is 5.91 Å². The van der Waals surface area contributed by atoms with Crippen LogP contribution in [0.4, 0.5) is 0 Å². The normalized spacial score (nSPS) is 33.5. The summed E-state index contributed by atoms with van der Waals surface area (Å²) < 4.78 is 5.49. The molecule has 5 nitrogen and oxygen atoms in total. The van der Waals surface area contributed by atoms with E-state index in [-0.39, 0.29) is 17.9 Å². The Balaban J connectivity index is 1.45. The van der Waals surface area contributed by atoms with Crippen molar-refractivity contribution in [2.45, 2.75) is 71.3 Å². The van der Waals surface area contributed by atoms with Crippen LogP contribution in [0, 0.1) is 35.0 Å². The van der Waals surface area contributed by atoms with E-state index in [0.717, 1.165) is 51.1 Å². The molecule has 1 saturated heterocycles. The van der Waals surface area contributed by atoms with Crippen molar-refractivity contribution in [2.24, 2.45) is 35.0 Å². The monoisotopic (exact) mass is 418 g/mol. The number of rotatable bonds is 8. The van der Waals surface area contributed by atoms with Gasteiger partial charge >= 0.3 is 0 Å². The molecule has 2 saturated carbocycles. The maximum absolute atomic E-state index is 13.4. The minimum absolute atomic E-state index is 0.0551. The fraction of sp³-hybridized carbons (Fsp3) is 0.880. The molecule has 4 aliphatic rings. The average molecular weight is 419 g/mol. The van der Waals surface area contributed by atoms with Crippen LogP contribution in [-0.4, -0.2) is 54.9 Å². The van der Waals surface area contributed by atoms with Crippen molar-refractivity contribution in [1.82, 2.24) is 10.2 Å². The van der Waals surface area contributed by atoms with Crippen molar-refractivity contribution < 1.29 is 14.6 Å². The largest absolute Gasteiger partial charge is 0.396 e. The van der Waals surface area contributed by atoms with Crippen molar-refractivity contribution in [3.63, 3.8) is 0 Å². The Morgan fingerprint density at radius 2 is 2.03 bits per heavy atom. The highest BCUT2D eigenvalue weighted by molar-refractivity contribution is 5.87. The van der Waals surface area contributed by atoms with Crippen molar-refractivity contribution in [3.8, 4) is 0 Å². The van der Waals surface area contributed by atoms with Gasteiger partial charge in [-0.2, -0.15) is 0 Å². The molecule has 0 bridgehead atoms. The summed E-state index contributed by atoms with van der Waals surface area (Å²) in [6.07, 6.45) is 10.4. The number of nitrogens with zero attached hydrogens (tertiary/aromatic N) is 1. The van der Waals surface area contributed by atoms with E-state index in [9.17, 15) is 9.90 Å². The smallest absolute Gasteiger partial charge is 0.244 e. The zero-order chi connectivity index (χ0) is 21.5. The van der Waals surface area contributed by atoms with Crippen LogP contribution in [0.1, 0.15) is 65.7 Å². The molecule has 4 atom stereocenters. The number of nitrogens with one attached hydrogen (secondary N) is 1. The molecule has 1 heterocycles. The molecule has 4 rings (SSSR count). The van der Waals surface area contributed by atoms with Gasteiger partial charge in [0.15, 0.2) is 0 Å². The lowest BCUT2D eigenvalue weighted by molar-refractivity contribution is -0.130. The molecule has 0 aromatic carbocycles. The Morgan fingerprint density at radius 3 is 2.60 bits per heavy atom. The first-order valence-electron chi connectivity index (χ1n) is 12.3. The van der Waals surface area contributed by atoms with Crippen LogP contribution in [0.2, 0.25) is 0 Å². The third kappa shape index (κ3) is 3.98. The van der Waals surface area contributed by atoms with Crippen molar-refractivity contribution in [1.29, 1.82) is 0 Å². The Hall–Kier alpha value is -0.910. The van der Waals surface area contributed by atoms with E-state index in [1.165, 1.54) is 19.3 Å². The maximum atomic E-state index is 13.4. The van der Waals surface area contributed by atoms with Gasteiger partial charge in [-0.05, 0) is 76.7 Å². The molecule has 1 aliphatic heterocycles. The van der Waals surface area contributed by atoms with E-state index in [1.54, 1.807) is 0 Å². The Labute approximate surface area is 182 Å². The number of allylic oxidation sites excluding steroid dienone is 2. The van der Waals surface area contributed by atoms with Crippen LogP contribution in [-0.2, 0) is 9.53 Å². The molecule has 30 heavy (non-hydrogen) atoms. The zero-order valence-corrected chi connectivity index (χ0v) is 19.5. The standard InChI is InChI=1S/C25H42N2O3/c1-5-18-19-13-20(19)22(14-21(18)25(16-28)9-6-10-25)26-23(29)24(2,3)27(4)15-17-7-11-30-12-8-17/h14,17-21,28H,5-13,15-16H2,1-4H3,(H,26,29). The van der Waals surface area contributed by atoms with Gasteiger partial charge in [0.25, 0.3) is 0 Å². The van der Waals surface area contributed by atoms with E-state index < -0.39 is 5.54 Å². The summed E-state index contributed by atoms with van der Waals surface area (Å²) in [7, 11) is 2.08. The quantitative estimate of drug-likeness (QED) is 0.632. The van der Waals surface area contributed by atoms with E-state index in [0.29, 0.717) is 29.6 Å². The van der Waals surface area contributed by atoms with Gasteiger partial charge in [0.1, 0.15) is 0 Å². The van der Waals surface area contributed by atoms with Crippen LogP contribution in [0.15, 0.2) is 11.8 Å². The summed E-state index contributed by atoms with van der Waals surface area (Å²) in [5.41, 5.74) is 0.651. The van der Waals surface area contributed by atoms with Gasteiger partial charge in [-0.1, -0.05) is 25.8 Å². The van der Waals surface area contributed by atoms with Crippen LogP contribution in [0.5, 0.6) is 0 Å². The number of aliphatic hydroxyl groups is 1. The second-order valence-electron chi connectivity index (χ2n) is 11.0. The SMILES string of the molecule is CCC1C2CC2C(NC(=O)C(C)(C)N(C)CC2CCOCC2)=CC1C1(CO)CCC1. The molecular weight excluding hydrogens is 376 g/mol. The van der Waals surface area contributed by atoms with Gasteiger partial charge in [0, 0.05) is 43.4 Å². The fourth-order valence-electron chi connectivity index (χ4n) is 6.30. The molecule has 0 aromatic rings. The summed E-state index contributed by atoms with van der Waals surface area (Å²) in [5.74, 6) is 2.98. The Morgan fingerprint density at radius 1 is 1.33 bits per heavy atom. The lowest BCUT2D eigenvalue weighted by Gasteiger charge is -2.50. The summed E-state index contributed by atoms with van der Waals surface area (Å²) in [6.45, 7) is 9.28. The first kappa shape index (κ1) is 22.3. The van der Waals surface area contributed by atoms with Gasteiger partial charge in [0.05, 0.1) is 5.54 Å². The molecule has 3 fully saturated rings. The number of ether oxygens (including phenoxy) is 1. The number of likely N-dealkylation sites (N-methyl/N-ethyl adjacent to an activating group) is 1.